The van der Waals surface area contributed by atoms with Crippen molar-refractivity contribution in [2.45, 2.75) is 25.6 Å². The fraction of sp³-hybridized carbons (Fsp3) is 0.294. The van der Waals surface area contributed by atoms with Gasteiger partial charge in [-0.1, -0.05) is 12.1 Å². The summed E-state index contributed by atoms with van der Waals surface area (Å²) in [6, 6.07) is 6.82. The lowest BCUT2D eigenvalue weighted by Crippen LogP contribution is -2.43. The average Bonchev–Trinajstić information content (AvgIpc) is 3.00. The number of rotatable bonds is 1. The number of aryl methyl sites for hydroxylation is 1. The SMILES string of the molecule is Cc1cc2n(n1)C(C(F)(F)F)CCN2C(=O)c1cnc2ccccc2n1. The Morgan fingerprint density at radius 3 is 2.69 bits per heavy atom. The zero-order valence-corrected chi connectivity index (χ0v) is 13.7. The van der Waals surface area contributed by atoms with Crippen LogP contribution in [0.25, 0.3) is 11.0 Å². The van der Waals surface area contributed by atoms with Gasteiger partial charge in [-0.2, -0.15) is 18.3 Å². The van der Waals surface area contributed by atoms with E-state index in [0.717, 1.165) is 4.68 Å². The Hall–Kier alpha value is -2.97. The van der Waals surface area contributed by atoms with E-state index in [1.165, 1.54) is 17.2 Å². The van der Waals surface area contributed by atoms with Crippen molar-refractivity contribution in [1.82, 2.24) is 19.7 Å². The van der Waals surface area contributed by atoms with E-state index in [0.29, 0.717) is 16.7 Å². The zero-order valence-electron chi connectivity index (χ0n) is 13.7. The lowest BCUT2D eigenvalue weighted by molar-refractivity contribution is -0.172. The Morgan fingerprint density at radius 1 is 1.23 bits per heavy atom. The lowest BCUT2D eigenvalue weighted by atomic mass is 10.1. The first kappa shape index (κ1) is 16.5. The second-order valence-corrected chi connectivity index (χ2v) is 6.14. The van der Waals surface area contributed by atoms with Crippen molar-refractivity contribution in [2.24, 2.45) is 0 Å². The van der Waals surface area contributed by atoms with Gasteiger partial charge in [0.15, 0.2) is 6.04 Å². The molecule has 3 aromatic rings. The first-order valence-corrected chi connectivity index (χ1v) is 8.01. The molecular formula is C17H14F3N5O. The summed E-state index contributed by atoms with van der Waals surface area (Å²) in [6.07, 6.45) is -3.34. The molecule has 1 amide bonds. The summed E-state index contributed by atoms with van der Waals surface area (Å²) < 4.78 is 40.7. The summed E-state index contributed by atoms with van der Waals surface area (Å²) in [5.41, 5.74) is 1.69. The van der Waals surface area contributed by atoms with Gasteiger partial charge < -0.3 is 0 Å². The highest BCUT2D eigenvalue weighted by molar-refractivity contribution is 6.05. The van der Waals surface area contributed by atoms with Gasteiger partial charge in [0.25, 0.3) is 5.91 Å². The minimum Gasteiger partial charge on any atom is -0.291 e. The average molecular weight is 361 g/mol. The fourth-order valence-corrected chi connectivity index (χ4v) is 3.13. The molecule has 0 bridgehead atoms. The van der Waals surface area contributed by atoms with Crippen molar-refractivity contribution in [3.05, 3.63) is 47.9 Å². The highest BCUT2D eigenvalue weighted by atomic mass is 19.4. The van der Waals surface area contributed by atoms with Crippen LogP contribution in [0.15, 0.2) is 36.5 Å². The predicted octanol–water partition coefficient (Wildman–Crippen LogP) is 3.29. The molecule has 0 fully saturated rings. The van der Waals surface area contributed by atoms with E-state index < -0.39 is 18.1 Å². The zero-order chi connectivity index (χ0) is 18.5. The Bertz CT molecular complexity index is 997. The summed E-state index contributed by atoms with van der Waals surface area (Å²) in [7, 11) is 0. The molecule has 1 aliphatic rings. The normalized spacial score (nSPS) is 17.4. The van der Waals surface area contributed by atoms with E-state index in [-0.39, 0.29) is 24.5 Å². The molecule has 0 N–H and O–H groups in total. The number of halogens is 3. The monoisotopic (exact) mass is 361 g/mol. The van der Waals surface area contributed by atoms with Crippen LogP contribution < -0.4 is 4.90 Å². The van der Waals surface area contributed by atoms with Crippen LogP contribution in [0.1, 0.15) is 28.6 Å². The quantitative estimate of drug-likeness (QED) is 0.667. The van der Waals surface area contributed by atoms with E-state index in [1.807, 2.05) is 6.07 Å². The minimum absolute atomic E-state index is 0.0668. The van der Waals surface area contributed by atoms with Gasteiger partial charge in [-0.05, 0) is 25.5 Å². The minimum atomic E-state index is -4.43. The smallest absolute Gasteiger partial charge is 0.291 e. The van der Waals surface area contributed by atoms with Crippen LogP contribution in [0.5, 0.6) is 0 Å². The second kappa shape index (κ2) is 5.79. The van der Waals surface area contributed by atoms with Crippen molar-refractivity contribution < 1.29 is 18.0 Å². The molecule has 9 heteroatoms. The number of benzene rings is 1. The van der Waals surface area contributed by atoms with Gasteiger partial charge in [0, 0.05) is 12.6 Å². The largest absolute Gasteiger partial charge is 0.410 e. The summed E-state index contributed by atoms with van der Waals surface area (Å²) >= 11 is 0. The molecule has 0 saturated heterocycles. The van der Waals surface area contributed by atoms with Crippen LogP contribution in [-0.2, 0) is 0 Å². The summed E-state index contributed by atoms with van der Waals surface area (Å²) in [4.78, 5) is 22.6. The number of para-hydroxylation sites is 2. The van der Waals surface area contributed by atoms with Crippen LogP contribution in [0, 0.1) is 6.92 Å². The molecule has 0 saturated carbocycles. The molecule has 2 aromatic heterocycles. The number of amides is 1. The van der Waals surface area contributed by atoms with Crippen molar-refractivity contribution in [3.8, 4) is 0 Å². The molecule has 26 heavy (non-hydrogen) atoms. The number of anilines is 1. The number of alkyl halides is 3. The molecule has 1 atom stereocenters. The number of carbonyl (C=O) groups is 1. The molecule has 0 spiro atoms. The van der Waals surface area contributed by atoms with E-state index in [9.17, 15) is 18.0 Å². The van der Waals surface area contributed by atoms with Crippen LogP contribution >= 0.6 is 0 Å². The maximum atomic E-state index is 13.3. The van der Waals surface area contributed by atoms with Gasteiger partial charge >= 0.3 is 6.18 Å². The second-order valence-electron chi connectivity index (χ2n) is 6.14. The van der Waals surface area contributed by atoms with Crippen molar-refractivity contribution in [1.29, 1.82) is 0 Å². The van der Waals surface area contributed by atoms with Gasteiger partial charge in [0.1, 0.15) is 11.5 Å². The lowest BCUT2D eigenvalue weighted by Gasteiger charge is -2.33. The maximum absolute atomic E-state index is 13.3. The summed E-state index contributed by atoms with van der Waals surface area (Å²) in [5, 5.41) is 3.94. The molecule has 1 aromatic carbocycles. The number of carbonyl (C=O) groups excluding carboxylic acids is 1. The van der Waals surface area contributed by atoms with Crippen molar-refractivity contribution in [3.63, 3.8) is 0 Å². The summed E-state index contributed by atoms with van der Waals surface area (Å²) in [6.45, 7) is 1.53. The molecule has 0 aliphatic carbocycles. The molecule has 3 heterocycles. The van der Waals surface area contributed by atoms with Gasteiger partial charge in [-0.3, -0.25) is 14.7 Å². The third kappa shape index (κ3) is 2.69. The van der Waals surface area contributed by atoms with Gasteiger partial charge in [0.05, 0.1) is 22.9 Å². The van der Waals surface area contributed by atoms with Crippen LogP contribution in [0.3, 0.4) is 0 Å². The molecular weight excluding hydrogens is 347 g/mol. The van der Waals surface area contributed by atoms with E-state index in [1.54, 1.807) is 25.1 Å². The van der Waals surface area contributed by atoms with Crippen LogP contribution in [0.2, 0.25) is 0 Å². The molecule has 4 rings (SSSR count). The molecule has 1 aliphatic heterocycles. The Balaban J connectivity index is 1.73. The number of nitrogens with zero attached hydrogens (tertiary/aromatic N) is 5. The van der Waals surface area contributed by atoms with Gasteiger partial charge in [-0.15, -0.1) is 0 Å². The molecule has 134 valence electrons. The molecule has 0 radical (unpaired) electrons. The van der Waals surface area contributed by atoms with E-state index in [4.69, 9.17) is 0 Å². The maximum Gasteiger partial charge on any atom is 0.410 e. The number of aromatic nitrogens is 4. The molecule has 1 unspecified atom stereocenters. The van der Waals surface area contributed by atoms with E-state index >= 15 is 0 Å². The van der Waals surface area contributed by atoms with Gasteiger partial charge in [0.2, 0.25) is 0 Å². The summed E-state index contributed by atoms with van der Waals surface area (Å²) in [5.74, 6) is -0.374. The highest BCUT2D eigenvalue weighted by Crippen LogP contribution is 2.39. The highest BCUT2D eigenvalue weighted by Gasteiger charge is 2.46. The fourth-order valence-electron chi connectivity index (χ4n) is 3.13. The van der Waals surface area contributed by atoms with Crippen LogP contribution in [-0.4, -0.2) is 38.4 Å². The first-order valence-electron chi connectivity index (χ1n) is 8.01. The van der Waals surface area contributed by atoms with Crippen molar-refractivity contribution in [2.75, 3.05) is 11.4 Å². The topological polar surface area (TPSA) is 63.9 Å². The number of fused-ring (bicyclic) bond motifs is 2. The van der Waals surface area contributed by atoms with Crippen molar-refractivity contribution >= 4 is 22.8 Å². The van der Waals surface area contributed by atoms with Gasteiger partial charge in [-0.25, -0.2) is 9.67 Å². The van der Waals surface area contributed by atoms with E-state index in [2.05, 4.69) is 15.1 Å². The Kier molecular flexibility index (Phi) is 3.67. The Labute approximate surface area is 146 Å². The molecule has 6 nitrogen and oxygen atoms in total. The standard InChI is InChI=1S/C17H14F3N5O/c1-10-8-15-24(7-6-14(17(18,19)20)25(15)23-10)16(26)13-9-21-11-4-2-3-5-12(11)22-13/h2-5,8-9,14H,6-7H2,1H3. The third-order valence-corrected chi connectivity index (χ3v) is 4.33. The first-order chi connectivity index (χ1) is 12.3. The predicted molar refractivity (Wildman–Crippen MR) is 87.9 cm³/mol. The third-order valence-electron chi connectivity index (χ3n) is 4.33. The van der Waals surface area contributed by atoms with Crippen LogP contribution in [0.4, 0.5) is 19.0 Å². The number of hydrogen-bond donors (Lipinski definition) is 0. The Morgan fingerprint density at radius 2 is 1.96 bits per heavy atom. The number of hydrogen-bond acceptors (Lipinski definition) is 4.